The third-order valence-electron chi connectivity index (χ3n) is 3.57. The van der Waals surface area contributed by atoms with Crippen molar-refractivity contribution >= 4 is 24.0 Å². The Bertz CT molecular complexity index is 421. The molecule has 1 fully saturated rings. The first-order valence-electron chi connectivity index (χ1n) is 6.97. The largest absolute Gasteiger partial charge is 0.493 e. The molecule has 1 saturated carbocycles. The van der Waals surface area contributed by atoms with Gasteiger partial charge in [0.1, 0.15) is 0 Å². The highest BCUT2D eigenvalue weighted by Gasteiger charge is 2.16. The summed E-state index contributed by atoms with van der Waals surface area (Å²) >= 11 is 6.29. The number of rotatable bonds is 6. The van der Waals surface area contributed by atoms with Gasteiger partial charge in [-0.3, -0.25) is 0 Å². The first kappa shape index (κ1) is 17.4. The van der Waals surface area contributed by atoms with E-state index in [9.17, 15) is 0 Å². The minimum absolute atomic E-state index is 0. The van der Waals surface area contributed by atoms with E-state index >= 15 is 0 Å². The van der Waals surface area contributed by atoms with Gasteiger partial charge in [-0.2, -0.15) is 0 Å². The predicted molar refractivity (Wildman–Crippen MR) is 85.5 cm³/mol. The normalized spacial score (nSPS) is 14.9. The molecule has 1 aliphatic carbocycles. The van der Waals surface area contributed by atoms with E-state index in [4.69, 9.17) is 21.1 Å². The highest BCUT2D eigenvalue weighted by atomic mass is 35.5. The maximum atomic E-state index is 6.29. The summed E-state index contributed by atoms with van der Waals surface area (Å²) in [5, 5.41) is 4.29. The van der Waals surface area contributed by atoms with E-state index in [0.717, 1.165) is 22.9 Å². The molecule has 0 spiro atoms. The molecular formula is C15H23Cl2NO2. The summed E-state index contributed by atoms with van der Waals surface area (Å²) in [4.78, 5) is 0. The van der Waals surface area contributed by atoms with Crippen molar-refractivity contribution in [2.75, 3.05) is 13.7 Å². The maximum absolute atomic E-state index is 6.29. The molecule has 1 aromatic rings. The molecule has 0 aromatic heterocycles. The van der Waals surface area contributed by atoms with Gasteiger partial charge >= 0.3 is 0 Å². The highest BCUT2D eigenvalue weighted by Crippen LogP contribution is 2.33. The fourth-order valence-electron chi connectivity index (χ4n) is 2.52. The first-order chi connectivity index (χ1) is 9.24. The molecule has 0 atom stereocenters. The fourth-order valence-corrected chi connectivity index (χ4v) is 2.75. The average Bonchev–Trinajstić information content (AvgIpc) is 2.92. The Morgan fingerprint density at radius 3 is 2.55 bits per heavy atom. The monoisotopic (exact) mass is 319 g/mol. The van der Waals surface area contributed by atoms with Gasteiger partial charge in [0.15, 0.2) is 11.5 Å². The van der Waals surface area contributed by atoms with Crippen LogP contribution in [0.1, 0.15) is 38.2 Å². The van der Waals surface area contributed by atoms with Crippen molar-refractivity contribution < 1.29 is 9.47 Å². The molecule has 0 saturated heterocycles. The SMILES string of the molecule is CCOc1cc(CNC2CCCC2)c(Cl)cc1OC.Cl. The summed E-state index contributed by atoms with van der Waals surface area (Å²) in [5.41, 5.74) is 1.07. The number of methoxy groups -OCH3 is 1. The van der Waals surface area contributed by atoms with E-state index in [0.29, 0.717) is 18.4 Å². The predicted octanol–water partition coefficient (Wildman–Crippen LogP) is 4.20. The molecule has 0 amide bonds. The number of ether oxygens (including phenoxy) is 2. The Kier molecular flexibility index (Phi) is 7.49. The summed E-state index contributed by atoms with van der Waals surface area (Å²) in [6, 6.07) is 4.44. The lowest BCUT2D eigenvalue weighted by Crippen LogP contribution is -2.25. The van der Waals surface area contributed by atoms with E-state index in [2.05, 4.69) is 5.32 Å². The van der Waals surface area contributed by atoms with Crippen LogP contribution in [-0.2, 0) is 6.54 Å². The number of halogens is 2. The lowest BCUT2D eigenvalue weighted by Gasteiger charge is -2.15. The minimum Gasteiger partial charge on any atom is -0.493 e. The Morgan fingerprint density at radius 2 is 1.95 bits per heavy atom. The van der Waals surface area contributed by atoms with Crippen LogP contribution in [-0.4, -0.2) is 19.8 Å². The number of hydrogen-bond acceptors (Lipinski definition) is 3. The molecule has 1 aliphatic rings. The van der Waals surface area contributed by atoms with Crippen molar-refractivity contribution in [3.63, 3.8) is 0 Å². The van der Waals surface area contributed by atoms with Gasteiger partial charge in [-0.15, -0.1) is 12.4 Å². The standard InChI is InChI=1S/C15H22ClNO2.ClH/c1-3-19-15-8-11(13(16)9-14(15)18-2)10-17-12-6-4-5-7-12;/h8-9,12,17H,3-7,10H2,1-2H3;1H. The van der Waals surface area contributed by atoms with Crippen LogP contribution in [0, 0.1) is 0 Å². The van der Waals surface area contributed by atoms with Crippen molar-refractivity contribution in [3.8, 4) is 11.5 Å². The van der Waals surface area contributed by atoms with Gasteiger partial charge in [0, 0.05) is 23.7 Å². The summed E-state index contributed by atoms with van der Waals surface area (Å²) in [7, 11) is 1.63. The van der Waals surface area contributed by atoms with Crippen molar-refractivity contribution in [1.82, 2.24) is 5.32 Å². The second-order valence-corrected chi connectivity index (χ2v) is 5.30. The zero-order valence-electron chi connectivity index (χ0n) is 12.1. The average molecular weight is 320 g/mol. The van der Waals surface area contributed by atoms with Crippen molar-refractivity contribution in [2.24, 2.45) is 0 Å². The highest BCUT2D eigenvalue weighted by molar-refractivity contribution is 6.31. The second-order valence-electron chi connectivity index (χ2n) is 4.89. The van der Waals surface area contributed by atoms with E-state index in [1.807, 2.05) is 19.1 Å². The molecule has 2 rings (SSSR count). The van der Waals surface area contributed by atoms with Crippen molar-refractivity contribution in [3.05, 3.63) is 22.7 Å². The van der Waals surface area contributed by atoms with Crippen LogP contribution in [0.5, 0.6) is 11.5 Å². The zero-order valence-corrected chi connectivity index (χ0v) is 13.6. The summed E-state index contributed by atoms with van der Waals surface area (Å²) in [5.74, 6) is 1.45. The van der Waals surface area contributed by atoms with Gasteiger partial charge in [-0.1, -0.05) is 24.4 Å². The molecule has 114 valence electrons. The van der Waals surface area contributed by atoms with Gasteiger partial charge < -0.3 is 14.8 Å². The van der Waals surface area contributed by atoms with E-state index in [1.165, 1.54) is 25.7 Å². The van der Waals surface area contributed by atoms with E-state index in [-0.39, 0.29) is 12.4 Å². The van der Waals surface area contributed by atoms with Crippen LogP contribution in [0.2, 0.25) is 5.02 Å². The molecule has 0 heterocycles. The van der Waals surface area contributed by atoms with Gasteiger partial charge in [0.25, 0.3) is 0 Å². The second kappa shape index (κ2) is 8.60. The number of hydrogen-bond donors (Lipinski definition) is 1. The molecule has 5 heteroatoms. The van der Waals surface area contributed by atoms with E-state index < -0.39 is 0 Å². The molecule has 1 N–H and O–H groups in total. The maximum Gasteiger partial charge on any atom is 0.162 e. The Balaban J connectivity index is 0.00000200. The number of benzene rings is 1. The zero-order chi connectivity index (χ0) is 13.7. The summed E-state index contributed by atoms with van der Waals surface area (Å²) < 4.78 is 10.9. The van der Waals surface area contributed by atoms with Gasteiger partial charge in [0.2, 0.25) is 0 Å². The lowest BCUT2D eigenvalue weighted by atomic mass is 10.1. The number of nitrogens with one attached hydrogen (secondary N) is 1. The van der Waals surface area contributed by atoms with Crippen LogP contribution in [0.15, 0.2) is 12.1 Å². The lowest BCUT2D eigenvalue weighted by molar-refractivity contribution is 0.310. The van der Waals surface area contributed by atoms with Crippen LogP contribution >= 0.6 is 24.0 Å². The topological polar surface area (TPSA) is 30.5 Å². The molecular weight excluding hydrogens is 297 g/mol. The van der Waals surface area contributed by atoms with Crippen molar-refractivity contribution in [2.45, 2.75) is 45.2 Å². The van der Waals surface area contributed by atoms with Crippen LogP contribution < -0.4 is 14.8 Å². The smallest absolute Gasteiger partial charge is 0.162 e. The molecule has 0 radical (unpaired) electrons. The molecule has 0 unspecified atom stereocenters. The molecule has 0 aliphatic heterocycles. The first-order valence-corrected chi connectivity index (χ1v) is 7.35. The fraction of sp³-hybridized carbons (Fsp3) is 0.600. The summed E-state index contributed by atoms with van der Waals surface area (Å²) in [6.45, 7) is 3.37. The van der Waals surface area contributed by atoms with Gasteiger partial charge in [-0.25, -0.2) is 0 Å². The molecule has 20 heavy (non-hydrogen) atoms. The third-order valence-corrected chi connectivity index (χ3v) is 3.92. The minimum atomic E-state index is 0. The Hall–Kier alpha value is -0.640. The third kappa shape index (κ3) is 4.44. The van der Waals surface area contributed by atoms with Crippen LogP contribution in [0.25, 0.3) is 0 Å². The molecule has 1 aromatic carbocycles. The van der Waals surface area contributed by atoms with Crippen molar-refractivity contribution in [1.29, 1.82) is 0 Å². The molecule has 0 bridgehead atoms. The Labute approximate surface area is 132 Å². The van der Waals surface area contributed by atoms with Crippen LogP contribution in [0.3, 0.4) is 0 Å². The van der Waals surface area contributed by atoms with E-state index in [1.54, 1.807) is 7.11 Å². The quantitative estimate of drug-likeness (QED) is 0.852. The van der Waals surface area contributed by atoms with Gasteiger partial charge in [-0.05, 0) is 31.4 Å². The van der Waals surface area contributed by atoms with Gasteiger partial charge in [0.05, 0.1) is 13.7 Å². The molecule has 3 nitrogen and oxygen atoms in total. The summed E-state index contributed by atoms with van der Waals surface area (Å²) in [6.07, 6.45) is 5.20. The Morgan fingerprint density at radius 1 is 1.25 bits per heavy atom. The van der Waals surface area contributed by atoms with Crippen LogP contribution in [0.4, 0.5) is 0 Å².